The average molecular weight is 168 g/mol. The summed E-state index contributed by atoms with van der Waals surface area (Å²) in [7, 11) is 0. The molecule has 0 aromatic heterocycles. The highest BCUT2D eigenvalue weighted by molar-refractivity contribution is 7.98. The third kappa shape index (κ3) is 2.56. The van der Waals surface area contributed by atoms with Crippen LogP contribution in [0.3, 0.4) is 0 Å². The van der Waals surface area contributed by atoms with Crippen molar-refractivity contribution in [1.29, 1.82) is 0 Å². The van der Waals surface area contributed by atoms with Crippen molar-refractivity contribution in [2.24, 2.45) is 0 Å². The molecule has 1 rings (SSSR count). The van der Waals surface area contributed by atoms with E-state index in [4.69, 9.17) is 0 Å². The Morgan fingerprint density at radius 2 is 2.00 bits per heavy atom. The zero-order valence-corrected chi connectivity index (χ0v) is 7.60. The molecule has 0 spiro atoms. The van der Waals surface area contributed by atoms with E-state index in [0.717, 1.165) is 5.75 Å². The third-order valence-corrected chi connectivity index (χ3v) is 2.37. The van der Waals surface area contributed by atoms with Gasteiger partial charge in [-0.3, -0.25) is 0 Å². The largest absolute Gasteiger partial charge is 0.351 e. The summed E-state index contributed by atoms with van der Waals surface area (Å²) in [5, 5.41) is 0. The molecule has 1 atom stereocenters. The summed E-state index contributed by atoms with van der Waals surface area (Å²) in [6, 6.07) is 10.9. The van der Waals surface area contributed by atoms with Gasteiger partial charge in [-0.1, -0.05) is 30.3 Å². The number of hydrogen-bond acceptors (Lipinski definition) is 1. The molecule has 0 radical (unpaired) electrons. The SMILES string of the molecule is CSC[C@@H]([NH3+])c1ccccc1. The minimum absolute atomic E-state index is 0.436. The topological polar surface area (TPSA) is 27.6 Å². The lowest BCUT2D eigenvalue weighted by Crippen LogP contribution is -2.54. The van der Waals surface area contributed by atoms with E-state index in [1.165, 1.54) is 5.56 Å². The molecule has 0 heterocycles. The van der Waals surface area contributed by atoms with Crippen LogP contribution in [0.15, 0.2) is 30.3 Å². The lowest BCUT2D eigenvalue weighted by Gasteiger charge is -2.05. The quantitative estimate of drug-likeness (QED) is 0.724. The molecule has 0 bridgehead atoms. The maximum atomic E-state index is 4.08. The van der Waals surface area contributed by atoms with E-state index in [1.54, 1.807) is 0 Å². The molecule has 1 aromatic rings. The van der Waals surface area contributed by atoms with Gasteiger partial charge in [-0.2, -0.15) is 11.8 Å². The Morgan fingerprint density at radius 1 is 1.36 bits per heavy atom. The van der Waals surface area contributed by atoms with Crippen LogP contribution in [0.5, 0.6) is 0 Å². The lowest BCUT2D eigenvalue weighted by molar-refractivity contribution is -0.418. The Hall–Kier alpha value is -0.470. The van der Waals surface area contributed by atoms with E-state index >= 15 is 0 Å². The number of thioether (sulfide) groups is 1. The fourth-order valence-corrected chi connectivity index (χ4v) is 1.62. The summed E-state index contributed by atoms with van der Waals surface area (Å²) < 4.78 is 0. The maximum Gasteiger partial charge on any atom is 0.119 e. The predicted molar refractivity (Wildman–Crippen MR) is 50.5 cm³/mol. The second-order valence-corrected chi connectivity index (χ2v) is 3.47. The molecule has 60 valence electrons. The van der Waals surface area contributed by atoms with Crippen LogP contribution in [0.25, 0.3) is 0 Å². The van der Waals surface area contributed by atoms with Gasteiger partial charge in [0.15, 0.2) is 0 Å². The van der Waals surface area contributed by atoms with Crippen molar-refractivity contribution in [2.45, 2.75) is 6.04 Å². The Balaban J connectivity index is 2.61. The van der Waals surface area contributed by atoms with Gasteiger partial charge >= 0.3 is 0 Å². The predicted octanol–water partition coefficient (Wildman–Crippen LogP) is 1.33. The molecule has 2 heteroatoms. The van der Waals surface area contributed by atoms with E-state index < -0.39 is 0 Å². The smallest absolute Gasteiger partial charge is 0.119 e. The molecule has 0 aliphatic heterocycles. The molecule has 0 aliphatic rings. The number of benzene rings is 1. The van der Waals surface area contributed by atoms with Crippen molar-refractivity contribution in [3.63, 3.8) is 0 Å². The number of rotatable bonds is 3. The first-order valence-corrected chi connectivity index (χ1v) is 5.11. The Bertz CT molecular complexity index is 198. The highest BCUT2D eigenvalue weighted by atomic mass is 32.2. The van der Waals surface area contributed by atoms with Crippen LogP contribution in [0, 0.1) is 0 Å². The third-order valence-electron chi connectivity index (χ3n) is 1.64. The summed E-state index contributed by atoms with van der Waals surface area (Å²) in [5.74, 6) is 1.10. The van der Waals surface area contributed by atoms with Gasteiger partial charge in [-0.05, 0) is 6.26 Å². The highest BCUT2D eigenvalue weighted by Crippen LogP contribution is 2.11. The van der Waals surface area contributed by atoms with Crippen molar-refractivity contribution in [3.8, 4) is 0 Å². The molecular weight excluding hydrogens is 154 g/mol. The van der Waals surface area contributed by atoms with Crippen LogP contribution in [-0.4, -0.2) is 12.0 Å². The molecule has 0 saturated carbocycles. The summed E-state index contributed by atoms with van der Waals surface area (Å²) in [6.45, 7) is 0. The molecule has 11 heavy (non-hydrogen) atoms. The molecule has 1 nitrogen and oxygen atoms in total. The van der Waals surface area contributed by atoms with Gasteiger partial charge in [0.05, 0.1) is 0 Å². The van der Waals surface area contributed by atoms with E-state index in [0.29, 0.717) is 6.04 Å². The van der Waals surface area contributed by atoms with Gasteiger partial charge in [-0.25, -0.2) is 0 Å². The van der Waals surface area contributed by atoms with Crippen LogP contribution in [0.4, 0.5) is 0 Å². The van der Waals surface area contributed by atoms with E-state index in [-0.39, 0.29) is 0 Å². The van der Waals surface area contributed by atoms with Crippen molar-refractivity contribution in [3.05, 3.63) is 35.9 Å². The minimum atomic E-state index is 0.436. The Kier molecular flexibility index (Phi) is 3.46. The normalized spacial score (nSPS) is 12.9. The fourth-order valence-electron chi connectivity index (χ4n) is 1.02. The first-order chi connectivity index (χ1) is 5.34. The second-order valence-electron chi connectivity index (χ2n) is 2.56. The molecule has 0 fully saturated rings. The summed E-state index contributed by atoms with van der Waals surface area (Å²) in [5.41, 5.74) is 5.41. The van der Waals surface area contributed by atoms with E-state index in [2.05, 4.69) is 36.3 Å². The van der Waals surface area contributed by atoms with Crippen LogP contribution in [-0.2, 0) is 0 Å². The second kappa shape index (κ2) is 4.42. The van der Waals surface area contributed by atoms with Crippen LogP contribution in [0.1, 0.15) is 11.6 Å². The van der Waals surface area contributed by atoms with Gasteiger partial charge in [0.1, 0.15) is 6.04 Å². The van der Waals surface area contributed by atoms with Crippen LogP contribution >= 0.6 is 11.8 Å². The first-order valence-electron chi connectivity index (χ1n) is 3.71. The van der Waals surface area contributed by atoms with Crippen LogP contribution in [0.2, 0.25) is 0 Å². The van der Waals surface area contributed by atoms with Crippen LogP contribution < -0.4 is 5.73 Å². The lowest BCUT2D eigenvalue weighted by atomic mass is 10.1. The maximum absolute atomic E-state index is 4.08. The Labute approximate surface area is 72.0 Å². The van der Waals surface area contributed by atoms with Gasteiger partial charge in [0.2, 0.25) is 0 Å². The number of hydrogen-bond donors (Lipinski definition) is 1. The van der Waals surface area contributed by atoms with E-state index in [9.17, 15) is 0 Å². The first kappa shape index (κ1) is 8.62. The summed E-state index contributed by atoms with van der Waals surface area (Å²) in [6.07, 6.45) is 2.11. The summed E-state index contributed by atoms with van der Waals surface area (Å²) >= 11 is 1.84. The van der Waals surface area contributed by atoms with Gasteiger partial charge in [0.25, 0.3) is 0 Å². The highest BCUT2D eigenvalue weighted by Gasteiger charge is 2.06. The Morgan fingerprint density at radius 3 is 2.55 bits per heavy atom. The molecule has 0 amide bonds. The molecular formula is C9H14NS+. The van der Waals surface area contributed by atoms with Gasteiger partial charge < -0.3 is 5.73 Å². The summed E-state index contributed by atoms with van der Waals surface area (Å²) in [4.78, 5) is 0. The average Bonchev–Trinajstić information content (AvgIpc) is 2.07. The van der Waals surface area contributed by atoms with Crippen molar-refractivity contribution in [1.82, 2.24) is 0 Å². The molecule has 0 unspecified atom stereocenters. The fraction of sp³-hybridized carbons (Fsp3) is 0.333. The monoisotopic (exact) mass is 168 g/mol. The van der Waals surface area contributed by atoms with Gasteiger partial charge in [-0.15, -0.1) is 0 Å². The van der Waals surface area contributed by atoms with Gasteiger partial charge in [0, 0.05) is 11.3 Å². The molecule has 1 aromatic carbocycles. The van der Waals surface area contributed by atoms with E-state index in [1.807, 2.05) is 17.8 Å². The zero-order valence-electron chi connectivity index (χ0n) is 6.79. The number of quaternary nitrogens is 1. The van der Waals surface area contributed by atoms with Crippen molar-refractivity contribution in [2.75, 3.05) is 12.0 Å². The van der Waals surface area contributed by atoms with Crippen molar-refractivity contribution >= 4 is 11.8 Å². The molecule has 3 N–H and O–H groups in total. The zero-order chi connectivity index (χ0) is 8.10. The van der Waals surface area contributed by atoms with Crippen molar-refractivity contribution < 1.29 is 5.73 Å². The standard InChI is InChI=1S/C9H13NS/c1-11-7-9(10)8-5-3-2-4-6-8/h2-6,9H,7,10H2,1H3/p+1/t9-/m1/s1. The molecule has 0 aliphatic carbocycles. The minimum Gasteiger partial charge on any atom is -0.351 e. The molecule has 0 saturated heterocycles.